The summed E-state index contributed by atoms with van der Waals surface area (Å²) in [6.07, 6.45) is 1.35. The number of hydrogen-bond acceptors (Lipinski definition) is 5. The fraction of sp³-hybridized carbons (Fsp3) is 0.480. The van der Waals surface area contributed by atoms with E-state index < -0.39 is 10.2 Å². The molecule has 2 aromatic carbocycles. The van der Waals surface area contributed by atoms with Gasteiger partial charge in [-0.2, -0.15) is 17.0 Å². The molecule has 2 aliphatic rings. The van der Waals surface area contributed by atoms with Gasteiger partial charge in [0.25, 0.3) is 10.2 Å². The van der Waals surface area contributed by atoms with Crippen LogP contribution in [0.25, 0.3) is 0 Å². The van der Waals surface area contributed by atoms with Crippen LogP contribution in [0.4, 0.5) is 0 Å². The van der Waals surface area contributed by atoms with Crippen LogP contribution in [-0.4, -0.2) is 73.8 Å². The van der Waals surface area contributed by atoms with Gasteiger partial charge in [0.15, 0.2) is 0 Å². The Bertz CT molecular complexity index is 969. The lowest BCUT2D eigenvalue weighted by Crippen LogP contribution is -2.55. The summed E-state index contributed by atoms with van der Waals surface area (Å²) in [5.41, 5.74) is 2.40. The molecule has 0 aliphatic carbocycles. The molecule has 0 spiro atoms. The van der Waals surface area contributed by atoms with Crippen molar-refractivity contribution in [2.75, 3.05) is 45.9 Å². The first-order valence-corrected chi connectivity index (χ1v) is 13.2. The largest absolute Gasteiger partial charge is 0.466 e. The normalized spacial score (nSPS) is 21.2. The van der Waals surface area contributed by atoms with Gasteiger partial charge in [0.05, 0.1) is 18.6 Å². The third-order valence-corrected chi connectivity index (χ3v) is 8.53. The van der Waals surface area contributed by atoms with Crippen molar-refractivity contribution in [1.29, 1.82) is 0 Å². The second-order valence-corrected chi connectivity index (χ2v) is 10.5. The van der Waals surface area contributed by atoms with Crippen LogP contribution in [0.2, 0.25) is 0 Å². The number of hydrogen-bond donors (Lipinski definition) is 0. The minimum absolute atomic E-state index is 0.0837. The van der Waals surface area contributed by atoms with Crippen LogP contribution in [0, 0.1) is 5.92 Å². The molecular weight excluding hydrogens is 438 g/mol. The van der Waals surface area contributed by atoms with E-state index in [1.807, 2.05) is 36.4 Å². The molecular formula is C25H33N3O4S. The van der Waals surface area contributed by atoms with Crippen molar-refractivity contribution in [3.63, 3.8) is 0 Å². The molecule has 2 aliphatic heterocycles. The van der Waals surface area contributed by atoms with E-state index in [9.17, 15) is 13.2 Å². The van der Waals surface area contributed by atoms with Gasteiger partial charge < -0.3 is 4.74 Å². The van der Waals surface area contributed by atoms with Crippen molar-refractivity contribution in [2.45, 2.75) is 25.8 Å². The number of piperidine rings is 1. The van der Waals surface area contributed by atoms with E-state index in [1.165, 1.54) is 15.4 Å². The van der Waals surface area contributed by atoms with E-state index >= 15 is 0 Å². The van der Waals surface area contributed by atoms with Gasteiger partial charge in [-0.05, 0) is 30.9 Å². The zero-order valence-electron chi connectivity index (χ0n) is 19.2. The molecule has 2 heterocycles. The van der Waals surface area contributed by atoms with Gasteiger partial charge in [-0.3, -0.25) is 9.69 Å². The Balaban J connectivity index is 1.45. The SMILES string of the molecule is CCOC(=O)C1CCCN(S(=O)(=O)N2CCN(C(c3ccccc3)c3ccccc3)CC2)C1. The molecule has 0 radical (unpaired) electrons. The standard InChI is InChI=1S/C25H33N3O4S/c1-2-32-25(29)23-14-9-15-28(20-23)33(30,31)27-18-16-26(17-19-27)24(21-10-5-3-6-11-21)22-12-7-4-8-13-22/h3-8,10-13,23-24H,2,9,14-20H2,1H3. The summed E-state index contributed by atoms with van der Waals surface area (Å²) in [4.78, 5) is 14.5. The van der Waals surface area contributed by atoms with Gasteiger partial charge in [0.2, 0.25) is 0 Å². The summed E-state index contributed by atoms with van der Waals surface area (Å²) in [6, 6.07) is 20.8. The zero-order valence-corrected chi connectivity index (χ0v) is 20.0. The quantitative estimate of drug-likeness (QED) is 0.581. The van der Waals surface area contributed by atoms with E-state index in [-0.39, 0.29) is 24.5 Å². The van der Waals surface area contributed by atoms with Crippen LogP contribution in [0.1, 0.15) is 36.9 Å². The highest BCUT2D eigenvalue weighted by Crippen LogP contribution is 2.30. The van der Waals surface area contributed by atoms with Crippen molar-refractivity contribution < 1.29 is 17.9 Å². The molecule has 2 fully saturated rings. The van der Waals surface area contributed by atoms with E-state index in [2.05, 4.69) is 29.2 Å². The summed E-state index contributed by atoms with van der Waals surface area (Å²) in [6.45, 7) is 4.89. The number of nitrogens with zero attached hydrogens (tertiary/aromatic N) is 3. The van der Waals surface area contributed by atoms with Gasteiger partial charge in [-0.1, -0.05) is 60.7 Å². The second kappa shape index (κ2) is 10.8. The average molecular weight is 472 g/mol. The highest BCUT2D eigenvalue weighted by atomic mass is 32.2. The number of ether oxygens (including phenoxy) is 1. The second-order valence-electron chi connectivity index (χ2n) is 8.62. The Morgan fingerprint density at radius 1 is 0.909 bits per heavy atom. The van der Waals surface area contributed by atoms with Gasteiger partial charge in [-0.15, -0.1) is 0 Å². The van der Waals surface area contributed by atoms with Crippen molar-refractivity contribution >= 4 is 16.2 Å². The molecule has 7 nitrogen and oxygen atoms in total. The molecule has 0 amide bonds. The maximum atomic E-state index is 13.4. The fourth-order valence-electron chi connectivity index (χ4n) is 4.85. The number of piperazine rings is 1. The minimum Gasteiger partial charge on any atom is -0.466 e. The van der Waals surface area contributed by atoms with Crippen molar-refractivity contribution in [3.05, 3.63) is 71.8 Å². The van der Waals surface area contributed by atoms with Crippen molar-refractivity contribution in [3.8, 4) is 0 Å². The molecule has 0 aromatic heterocycles. The van der Waals surface area contributed by atoms with Crippen LogP contribution in [0.15, 0.2) is 60.7 Å². The van der Waals surface area contributed by atoms with Gasteiger partial charge >= 0.3 is 5.97 Å². The first-order valence-electron chi connectivity index (χ1n) is 11.8. The lowest BCUT2D eigenvalue weighted by molar-refractivity contribution is -0.149. The molecule has 178 valence electrons. The molecule has 2 saturated heterocycles. The Morgan fingerprint density at radius 3 is 2.03 bits per heavy atom. The Kier molecular flexibility index (Phi) is 7.80. The minimum atomic E-state index is -3.61. The molecule has 33 heavy (non-hydrogen) atoms. The van der Waals surface area contributed by atoms with Crippen molar-refractivity contribution in [1.82, 2.24) is 13.5 Å². The highest BCUT2D eigenvalue weighted by Gasteiger charge is 2.38. The zero-order chi connectivity index (χ0) is 23.3. The molecule has 1 unspecified atom stereocenters. The van der Waals surface area contributed by atoms with Crippen LogP contribution < -0.4 is 0 Å². The number of benzene rings is 2. The molecule has 0 saturated carbocycles. The van der Waals surface area contributed by atoms with E-state index in [1.54, 1.807) is 11.2 Å². The topological polar surface area (TPSA) is 70.2 Å². The van der Waals surface area contributed by atoms with Gasteiger partial charge in [-0.25, -0.2) is 0 Å². The molecule has 0 N–H and O–H groups in total. The molecule has 4 rings (SSSR count). The summed E-state index contributed by atoms with van der Waals surface area (Å²) < 4.78 is 34.9. The first-order chi connectivity index (χ1) is 16.0. The monoisotopic (exact) mass is 471 g/mol. The lowest BCUT2D eigenvalue weighted by Gasteiger charge is -2.41. The van der Waals surface area contributed by atoms with Crippen LogP contribution in [0.3, 0.4) is 0 Å². The molecule has 2 aromatic rings. The number of carbonyl (C=O) groups is 1. The Hall–Kier alpha value is -2.26. The highest BCUT2D eigenvalue weighted by molar-refractivity contribution is 7.86. The predicted molar refractivity (Wildman–Crippen MR) is 128 cm³/mol. The maximum absolute atomic E-state index is 13.4. The van der Waals surface area contributed by atoms with Crippen molar-refractivity contribution in [2.24, 2.45) is 5.92 Å². The molecule has 8 heteroatoms. The van der Waals surface area contributed by atoms with Crippen LogP contribution in [-0.2, 0) is 19.7 Å². The maximum Gasteiger partial charge on any atom is 0.310 e. The number of rotatable bonds is 7. The van der Waals surface area contributed by atoms with Gasteiger partial charge in [0.1, 0.15) is 0 Å². The molecule has 0 bridgehead atoms. The lowest BCUT2D eigenvalue weighted by atomic mass is 9.96. The molecule has 1 atom stereocenters. The third-order valence-electron chi connectivity index (χ3n) is 6.53. The predicted octanol–water partition coefficient (Wildman–Crippen LogP) is 2.91. The fourth-order valence-corrected chi connectivity index (χ4v) is 6.52. The van der Waals surface area contributed by atoms with E-state index in [0.717, 1.165) is 0 Å². The summed E-state index contributed by atoms with van der Waals surface area (Å²) in [5.74, 6) is -0.675. The van der Waals surface area contributed by atoms with Crippen LogP contribution in [0.5, 0.6) is 0 Å². The number of esters is 1. The first kappa shape index (κ1) is 23.9. The Labute approximate surface area is 197 Å². The Morgan fingerprint density at radius 2 is 1.48 bits per heavy atom. The van der Waals surface area contributed by atoms with E-state index in [0.29, 0.717) is 52.2 Å². The van der Waals surface area contributed by atoms with E-state index in [4.69, 9.17) is 4.74 Å². The number of carbonyl (C=O) groups excluding carboxylic acids is 1. The third kappa shape index (κ3) is 5.46. The summed E-state index contributed by atoms with van der Waals surface area (Å²) in [7, 11) is -3.61. The summed E-state index contributed by atoms with van der Waals surface area (Å²) in [5, 5.41) is 0. The smallest absolute Gasteiger partial charge is 0.310 e. The summed E-state index contributed by atoms with van der Waals surface area (Å²) >= 11 is 0. The van der Waals surface area contributed by atoms with Gasteiger partial charge in [0, 0.05) is 39.3 Å². The van der Waals surface area contributed by atoms with Crippen LogP contribution >= 0.6 is 0 Å². The average Bonchev–Trinajstić information content (AvgIpc) is 2.86.